The maximum atomic E-state index is 12.6. The summed E-state index contributed by atoms with van der Waals surface area (Å²) < 4.78 is 1.77. The largest absolute Gasteiger partial charge is 0.396 e. The van der Waals surface area contributed by atoms with Crippen molar-refractivity contribution in [2.24, 2.45) is 13.0 Å². The molecule has 122 valence electrons. The van der Waals surface area contributed by atoms with Gasteiger partial charge in [-0.2, -0.15) is 5.10 Å². The Morgan fingerprint density at radius 3 is 2.83 bits per heavy atom. The second-order valence-corrected chi connectivity index (χ2v) is 5.98. The molecule has 2 heterocycles. The number of hydrogen-bond donors (Lipinski definition) is 3. The Labute approximate surface area is 135 Å². The van der Waals surface area contributed by atoms with E-state index in [9.17, 15) is 4.79 Å². The van der Waals surface area contributed by atoms with Crippen LogP contribution in [-0.2, 0) is 18.3 Å². The van der Waals surface area contributed by atoms with Crippen molar-refractivity contribution < 1.29 is 9.90 Å². The highest BCUT2D eigenvalue weighted by Gasteiger charge is 2.34. The monoisotopic (exact) mass is 314 g/mol. The predicted octanol–water partition coefficient (Wildman–Crippen LogP) is 0.897. The average Bonchev–Trinajstić information content (AvgIpc) is 3.18. The zero-order chi connectivity index (χ0) is 16.2. The molecule has 3 N–H and O–H groups in total. The molecule has 2 atom stereocenters. The summed E-state index contributed by atoms with van der Waals surface area (Å²) in [5.74, 6) is 0.0763. The molecule has 0 bridgehead atoms. The first kappa shape index (κ1) is 15.7. The van der Waals surface area contributed by atoms with E-state index < -0.39 is 0 Å². The number of benzene rings is 1. The van der Waals surface area contributed by atoms with Gasteiger partial charge in [-0.05, 0) is 29.7 Å². The van der Waals surface area contributed by atoms with Crippen molar-refractivity contribution >= 4 is 11.6 Å². The third-order valence-electron chi connectivity index (χ3n) is 4.33. The molecule has 23 heavy (non-hydrogen) atoms. The molecule has 1 aromatic heterocycles. The SMILES string of the molecule is Cn1cc([C@H]2CNC[C@@H]2C(=O)Nc2ccc(CCO)cc2)cn1. The van der Waals surface area contributed by atoms with Gasteiger partial charge in [-0.1, -0.05) is 12.1 Å². The molecule has 3 rings (SSSR count). The maximum Gasteiger partial charge on any atom is 0.229 e. The van der Waals surface area contributed by atoms with Crippen molar-refractivity contribution in [3.8, 4) is 0 Å². The molecule has 1 aliphatic rings. The molecule has 0 unspecified atom stereocenters. The van der Waals surface area contributed by atoms with Gasteiger partial charge >= 0.3 is 0 Å². The van der Waals surface area contributed by atoms with E-state index in [1.54, 1.807) is 4.68 Å². The van der Waals surface area contributed by atoms with Crippen molar-refractivity contribution in [3.63, 3.8) is 0 Å². The Morgan fingerprint density at radius 1 is 1.39 bits per heavy atom. The Hall–Kier alpha value is -2.18. The number of carbonyl (C=O) groups excluding carboxylic acids is 1. The minimum atomic E-state index is -0.101. The number of aromatic nitrogens is 2. The number of nitrogens with one attached hydrogen (secondary N) is 2. The molecule has 1 aromatic carbocycles. The summed E-state index contributed by atoms with van der Waals surface area (Å²) in [6.45, 7) is 1.60. The Kier molecular flexibility index (Phi) is 4.73. The zero-order valence-corrected chi connectivity index (χ0v) is 13.2. The highest BCUT2D eigenvalue weighted by Crippen LogP contribution is 2.28. The van der Waals surface area contributed by atoms with Crippen molar-refractivity contribution in [1.29, 1.82) is 0 Å². The summed E-state index contributed by atoms with van der Waals surface area (Å²) in [7, 11) is 1.88. The van der Waals surface area contributed by atoms with Crippen LogP contribution in [0.4, 0.5) is 5.69 Å². The number of amides is 1. The summed E-state index contributed by atoms with van der Waals surface area (Å²) >= 11 is 0. The van der Waals surface area contributed by atoms with Gasteiger partial charge in [-0.15, -0.1) is 0 Å². The topological polar surface area (TPSA) is 79.2 Å². The molecule has 0 spiro atoms. The van der Waals surface area contributed by atoms with Crippen LogP contribution in [0.15, 0.2) is 36.7 Å². The van der Waals surface area contributed by atoms with E-state index in [1.807, 2.05) is 43.7 Å². The maximum absolute atomic E-state index is 12.6. The summed E-state index contributed by atoms with van der Waals surface area (Å²) in [5.41, 5.74) is 2.94. The van der Waals surface area contributed by atoms with E-state index >= 15 is 0 Å². The van der Waals surface area contributed by atoms with Gasteiger partial charge < -0.3 is 15.7 Å². The van der Waals surface area contributed by atoms with Gasteiger partial charge in [0.25, 0.3) is 0 Å². The van der Waals surface area contributed by atoms with Crippen LogP contribution in [-0.4, -0.2) is 40.5 Å². The number of carbonyl (C=O) groups is 1. The molecule has 1 aliphatic heterocycles. The number of aliphatic hydroxyl groups excluding tert-OH is 1. The first-order chi connectivity index (χ1) is 11.2. The van der Waals surface area contributed by atoms with Gasteiger partial charge in [0.2, 0.25) is 5.91 Å². The van der Waals surface area contributed by atoms with Gasteiger partial charge in [0, 0.05) is 44.5 Å². The molecular weight excluding hydrogens is 292 g/mol. The molecule has 6 nitrogen and oxygen atoms in total. The average molecular weight is 314 g/mol. The lowest BCUT2D eigenvalue weighted by Crippen LogP contribution is -2.28. The first-order valence-electron chi connectivity index (χ1n) is 7.87. The molecule has 6 heteroatoms. The van der Waals surface area contributed by atoms with E-state index in [2.05, 4.69) is 15.7 Å². The molecule has 1 saturated heterocycles. The lowest BCUT2D eigenvalue weighted by molar-refractivity contribution is -0.119. The van der Waals surface area contributed by atoms with Crippen molar-refractivity contribution in [2.75, 3.05) is 25.0 Å². The first-order valence-corrected chi connectivity index (χ1v) is 7.87. The normalized spacial score (nSPS) is 20.6. The molecule has 0 radical (unpaired) electrons. The van der Waals surface area contributed by atoms with E-state index in [0.29, 0.717) is 13.0 Å². The second kappa shape index (κ2) is 6.93. The number of nitrogens with zero attached hydrogens (tertiary/aromatic N) is 2. The number of aryl methyl sites for hydroxylation is 1. The molecule has 1 fully saturated rings. The number of hydrogen-bond acceptors (Lipinski definition) is 4. The van der Waals surface area contributed by atoms with E-state index in [0.717, 1.165) is 23.4 Å². The third-order valence-corrected chi connectivity index (χ3v) is 4.33. The fourth-order valence-electron chi connectivity index (χ4n) is 3.05. The predicted molar refractivity (Wildman–Crippen MR) is 88.2 cm³/mol. The van der Waals surface area contributed by atoms with Crippen LogP contribution < -0.4 is 10.6 Å². The number of anilines is 1. The van der Waals surface area contributed by atoms with Crippen molar-refractivity contribution in [1.82, 2.24) is 15.1 Å². The fourth-order valence-corrected chi connectivity index (χ4v) is 3.05. The van der Waals surface area contributed by atoms with Crippen LogP contribution in [0.25, 0.3) is 0 Å². The van der Waals surface area contributed by atoms with Crippen LogP contribution in [0.2, 0.25) is 0 Å². The lowest BCUT2D eigenvalue weighted by atomic mass is 9.90. The van der Waals surface area contributed by atoms with Crippen LogP contribution >= 0.6 is 0 Å². The second-order valence-electron chi connectivity index (χ2n) is 5.98. The molecule has 0 saturated carbocycles. The van der Waals surface area contributed by atoms with Crippen LogP contribution in [0, 0.1) is 5.92 Å². The smallest absolute Gasteiger partial charge is 0.229 e. The summed E-state index contributed by atoms with van der Waals surface area (Å²) in [4.78, 5) is 12.6. The van der Waals surface area contributed by atoms with Gasteiger partial charge in [-0.25, -0.2) is 0 Å². The quantitative estimate of drug-likeness (QED) is 0.766. The molecule has 0 aliphatic carbocycles. The lowest BCUT2D eigenvalue weighted by Gasteiger charge is -2.17. The van der Waals surface area contributed by atoms with Crippen LogP contribution in [0.5, 0.6) is 0 Å². The summed E-state index contributed by atoms with van der Waals surface area (Å²) in [5, 5.41) is 19.4. The Balaban J connectivity index is 1.67. The Morgan fingerprint density at radius 2 is 2.17 bits per heavy atom. The van der Waals surface area contributed by atoms with E-state index in [-0.39, 0.29) is 24.3 Å². The van der Waals surface area contributed by atoms with Gasteiger partial charge in [-0.3, -0.25) is 9.48 Å². The fraction of sp³-hybridized carbons (Fsp3) is 0.412. The van der Waals surface area contributed by atoms with Crippen LogP contribution in [0.1, 0.15) is 17.0 Å². The highest BCUT2D eigenvalue weighted by molar-refractivity contribution is 5.93. The third kappa shape index (κ3) is 3.60. The van der Waals surface area contributed by atoms with E-state index in [1.165, 1.54) is 0 Å². The van der Waals surface area contributed by atoms with Crippen LogP contribution in [0.3, 0.4) is 0 Å². The Bertz CT molecular complexity index is 665. The van der Waals surface area contributed by atoms with Crippen molar-refractivity contribution in [2.45, 2.75) is 12.3 Å². The minimum Gasteiger partial charge on any atom is -0.396 e. The van der Waals surface area contributed by atoms with Gasteiger partial charge in [0.1, 0.15) is 0 Å². The summed E-state index contributed by atoms with van der Waals surface area (Å²) in [6.07, 6.45) is 4.44. The molecule has 1 amide bonds. The highest BCUT2D eigenvalue weighted by atomic mass is 16.3. The van der Waals surface area contributed by atoms with Gasteiger partial charge in [0.15, 0.2) is 0 Å². The standard InChI is InChI=1S/C17H22N4O2/c1-21-11-13(8-19-21)15-9-18-10-16(15)17(23)20-14-4-2-12(3-5-14)6-7-22/h2-5,8,11,15-16,18,22H,6-7,9-10H2,1H3,(H,20,23)/t15-,16+/m1/s1. The van der Waals surface area contributed by atoms with E-state index in [4.69, 9.17) is 5.11 Å². The van der Waals surface area contributed by atoms with Crippen molar-refractivity contribution in [3.05, 3.63) is 47.8 Å². The number of aliphatic hydroxyl groups is 1. The zero-order valence-electron chi connectivity index (χ0n) is 13.2. The number of rotatable bonds is 5. The van der Waals surface area contributed by atoms with Gasteiger partial charge in [0.05, 0.1) is 12.1 Å². The summed E-state index contributed by atoms with van der Waals surface area (Å²) in [6, 6.07) is 7.61. The molecule has 2 aromatic rings. The minimum absolute atomic E-state index is 0.0266. The molecular formula is C17H22N4O2.